The van der Waals surface area contributed by atoms with Crippen molar-refractivity contribution in [2.45, 2.75) is 17.0 Å². The fraction of sp³-hybridized carbons (Fsp3) is 0.0952. The Balaban J connectivity index is 1.67. The minimum Gasteiger partial charge on any atom is -0.406 e. The molecule has 1 N–H and O–H groups in total. The quantitative estimate of drug-likeness (QED) is 0.503. The third-order valence-corrected chi connectivity index (χ3v) is 4.86. The Kier molecular flexibility index (Phi) is 6.26. The highest BCUT2D eigenvalue weighted by molar-refractivity contribution is 7.98. The van der Waals surface area contributed by atoms with Gasteiger partial charge in [0.1, 0.15) is 5.75 Å². The van der Waals surface area contributed by atoms with Crippen molar-refractivity contribution >= 4 is 23.4 Å². The van der Waals surface area contributed by atoms with Gasteiger partial charge in [0.05, 0.1) is 5.56 Å². The van der Waals surface area contributed by atoms with E-state index in [0.29, 0.717) is 17.0 Å². The standard InChI is InChI=1S/C21H16F3NO2S/c22-21(23,24)27-17-12-10-16(11-13-17)25-20(26)18-8-4-5-9-19(18)28-14-15-6-2-1-3-7-15/h1-13H,14H2,(H,25,26). The average Bonchev–Trinajstić information content (AvgIpc) is 2.68. The lowest BCUT2D eigenvalue weighted by Crippen LogP contribution is -2.17. The number of nitrogens with one attached hydrogen (secondary N) is 1. The fourth-order valence-corrected chi connectivity index (χ4v) is 3.46. The molecule has 28 heavy (non-hydrogen) atoms. The van der Waals surface area contributed by atoms with E-state index in [1.54, 1.807) is 23.9 Å². The van der Waals surface area contributed by atoms with E-state index < -0.39 is 6.36 Å². The average molecular weight is 403 g/mol. The summed E-state index contributed by atoms with van der Waals surface area (Å²) in [5.41, 5.74) is 2.02. The van der Waals surface area contributed by atoms with Gasteiger partial charge in [0.25, 0.3) is 5.91 Å². The third kappa shape index (κ3) is 5.79. The van der Waals surface area contributed by atoms with Gasteiger partial charge in [-0.05, 0) is 42.0 Å². The maximum absolute atomic E-state index is 12.6. The largest absolute Gasteiger partial charge is 0.573 e. The molecule has 0 atom stereocenters. The van der Waals surface area contributed by atoms with Crippen LogP contribution < -0.4 is 10.1 Å². The molecular formula is C21H16F3NO2S. The molecule has 144 valence electrons. The summed E-state index contributed by atoms with van der Waals surface area (Å²) in [4.78, 5) is 13.4. The lowest BCUT2D eigenvalue weighted by Gasteiger charge is -2.11. The van der Waals surface area contributed by atoms with Crippen molar-refractivity contribution in [1.82, 2.24) is 0 Å². The van der Waals surface area contributed by atoms with Crippen LogP contribution in [0.2, 0.25) is 0 Å². The molecule has 1 amide bonds. The maximum Gasteiger partial charge on any atom is 0.573 e. The van der Waals surface area contributed by atoms with E-state index in [9.17, 15) is 18.0 Å². The Hall–Kier alpha value is -2.93. The zero-order valence-corrected chi connectivity index (χ0v) is 15.4. The molecule has 3 rings (SSSR count). The molecule has 0 aliphatic heterocycles. The molecule has 0 saturated carbocycles. The van der Waals surface area contributed by atoms with Crippen molar-refractivity contribution in [1.29, 1.82) is 0 Å². The second-order valence-corrected chi connectivity index (χ2v) is 6.81. The number of anilines is 1. The van der Waals surface area contributed by atoms with Crippen molar-refractivity contribution < 1.29 is 22.7 Å². The van der Waals surface area contributed by atoms with Crippen LogP contribution >= 0.6 is 11.8 Å². The molecule has 0 spiro atoms. The smallest absolute Gasteiger partial charge is 0.406 e. The first-order valence-electron chi connectivity index (χ1n) is 8.34. The Morgan fingerprint density at radius 1 is 0.893 bits per heavy atom. The molecule has 0 heterocycles. The van der Waals surface area contributed by atoms with E-state index in [1.165, 1.54) is 12.1 Å². The number of hydrogen-bond acceptors (Lipinski definition) is 3. The molecule has 7 heteroatoms. The van der Waals surface area contributed by atoms with Crippen LogP contribution in [0, 0.1) is 0 Å². The van der Waals surface area contributed by atoms with Gasteiger partial charge < -0.3 is 10.1 Å². The summed E-state index contributed by atoms with van der Waals surface area (Å²) in [6, 6.07) is 22.1. The summed E-state index contributed by atoms with van der Waals surface area (Å²) >= 11 is 1.54. The van der Waals surface area contributed by atoms with Gasteiger partial charge in [0, 0.05) is 16.3 Å². The van der Waals surface area contributed by atoms with E-state index in [4.69, 9.17) is 0 Å². The van der Waals surface area contributed by atoms with Gasteiger partial charge in [-0.2, -0.15) is 0 Å². The lowest BCUT2D eigenvalue weighted by atomic mass is 10.2. The van der Waals surface area contributed by atoms with Crippen molar-refractivity contribution in [3.63, 3.8) is 0 Å². The van der Waals surface area contributed by atoms with Crippen molar-refractivity contribution in [3.8, 4) is 5.75 Å². The van der Waals surface area contributed by atoms with Crippen LogP contribution in [0.25, 0.3) is 0 Å². The number of alkyl halides is 3. The van der Waals surface area contributed by atoms with Crippen LogP contribution in [0.1, 0.15) is 15.9 Å². The predicted octanol–water partition coefficient (Wildman–Crippen LogP) is 6.13. The molecular weight excluding hydrogens is 387 g/mol. The summed E-state index contributed by atoms with van der Waals surface area (Å²) in [7, 11) is 0. The highest BCUT2D eigenvalue weighted by Gasteiger charge is 2.31. The molecule has 0 aromatic heterocycles. The minimum atomic E-state index is -4.75. The minimum absolute atomic E-state index is 0.333. The van der Waals surface area contributed by atoms with Crippen LogP contribution in [0.15, 0.2) is 83.8 Å². The number of carbonyl (C=O) groups is 1. The first-order chi connectivity index (χ1) is 13.4. The highest BCUT2D eigenvalue weighted by Crippen LogP contribution is 2.28. The molecule has 3 aromatic carbocycles. The van der Waals surface area contributed by atoms with Crippen LogP contribution in [0.4, 0.5) is 18.9 Å². The number of rotatable bonds is 6. The van der Waals surface area contributed by atoms with Crippen molar-refractivity contribution in [2.75, 3.05) is 5.32 Å². The summed E-state index contributed by atoms with van der Waals surface area (Å²) in [5.74, 6) is 0.0409. The van der Waals surface area contributed by atoms with Gasteiger partial charge in [-0.25, -0.2) is 0 Å². The summed E-state index contributed by atoms with van der Waals surface area (Å²) in [6.07, 6.45) is -4.75. The molecule has 0 saturated heterocycles. The first kappa shape index (κ1) is 19.8. The molecule has 0 unspecified atom stereocenters. The number of thioether (sulfide) groups is 1. The fourth-order valence-electron chi connectivity index (χ4n) is 2.45. The summed E-state index contributed by atoms with van der Waals surface area (Å²) in [5, 5.41) is 2.70. The second-order valence-electron chi connectivity index (χ2n) is 5.80. The monoisotopic (exact) mass is 403 g/mol. The van der Waals surface area contributed by atoms with E-state index in [0.717, 1.165) is 22.6 Å². The summed E-state index contributed by atoms with van der Waals surface area (Å²) in [6.45, 7) is 0. The van der Waals surface area contributed by atoms with Gasteiger partial charge in [0.15, 0.2) is 0 Å². The van der Waals surface area contributed by atoms with E-state index in [2.05, 4.69) is 10.1 Å². The SMILES string of the molecule is O=C(Nc1ccc(OC(F)(F)F)cc1)c1ccccc1SCc1ccccc1. The first-order valence-corrected chi connectivity index (χ1v) is 9.32. The van der Waals surface area contributed by atoms with Crippen LogP contribution in [-0.2, 0) is 5.75 Å². The normalized spacial score (nSPS) is 11.1. The third-order valence-electron chi connectivity index (χ3n) is 3.71. The van der Waals surface area contributed by atoms with Crippen molar-refractivity contribution in [3.05, 3.63) is 90.0 Å². The Labute approximate surface area is 164 Å². The number of amides is 1. The molecule has 0 fully saturated rings. The molecule has 0 aliphatic rings. The zero-order chi connectivity index (χ0) is 20.0. The number of halogens is 3. The Morgan fingerprint density at radius 3 is 2.21 bits per heavy atom. The van der Waals surface area contributed by atoms with Crippen LogP contribution in [0.5, 0.6) is 5.75 Å². The summed E-state index contributed by atoms with van der Waals surface area (Å²) < 4.78 is 40.5. The topological polar surface area (TPSA) is 38.3 Å². The van der Waals surface area contributed by atoms with Gasteiger partial charge >= 0.3 is 6.36 Å². The lowest BCUT2D eigenvalue weighted by molar-refractivity contribution is -0.274. The number of benzene rings is 3. The van der Waals surface area contributed by atoms with Gasteiger partial charge in [-0.15, -0.1) is 24.9 Å². The van der Waals surface area contributed by atoms with Crippen molar-refractivity contribution in [2.24, 2.45) is 0 Å². The van der Waals surface area contributed by atoms with E-state index in [1.807, 2.05) is 42.5 Å². The van der Waals surface area contributed by atoms with Crippen LogP contribution in [0.3, 0.4) is 0 Å². The van der Waals surface area contributed by atoms with E-state index >= 15 is 0 Å². The number of hydrogen-bond donors (Lipinski definition) is 1. The van der Waals surface area contributed by atoms with Gasteiger partial charge in [-0.3, -0.25) is 4.79 Å². The molecule has 0 bridgehead atoms. The molecule has 0 radical (unpaired) electrons. The number of ether oxygens (including phenoxy) is 1. The molecule has 0 aliphatic carbocycles. The molecule has 3 nitrogen and oxygen atoms in total. The maximum atomic E-state index is 12.6. The van der Waals surface area contributed by atoms with Crippen LogP contribution in [-0.4, -0.2) is 12.3 Å². The highest BCUT2D eigenvalue weighted by atomic mass is 32.2. The molecule has 3 aromatic rings. The Bertz CT molecular complexity index is 928. The number of carbonyl (C=O) groups excluding carboxylic acids is 1. The van der Waals surface area contributed by atoms with Gasteiger partial charge in [0.2, 0.25) is 0 Å². The zero-order valence-electron chi connectivity index (χ0n) is 14.6. The second kappa shape index (κ2) is 8.84. The Morgan fingerprint density at radius 2 is 1.54 bits per heavy atom. The van der Waals surface area contributed by atoms with E-state index in [-0.39, 0.29) is 11.7 Å². The van der Waals surface area contributed by atoms with Gasteiger partial charge in [-0.1, -0.05) is 42.5 Å². The predicted molar refractivity (Wildman–Crippen MR) is 104 cm³/mol.